The van der Waals surface area contributed by atoms with Crippen LogP contribution in [-0.2, 0) is 127 Å². The number of hydrogen-bond acceptors (Lipinski definition) is 16. The van der Waals surface area contributed by atoms with E-state index in [0.29, 0.717) is 64.7 Å². The lowest BCUT2D eigenvalue weighted by atomic mass is 9.73. The number of aryl methyl sites for hydroxylation is 3. The molecule has 0 aromatic heterocycles. The number of Topliss-reactive ketones (excluding diaryl/α,β-unsaturated/α-hetero) is 1. The second-order valence-corrected chi connectivity index (χ2v) is 36.9. The summed E-state index contributed by atoms with van der Waals surface area (Å²) in [6, 6.07) is 80.4. The zero-order valence-corrected chi connectivity index (χ0v) is 97.6. The van der Waals surface area contributed by atoms with Crippen LogP contribution in [0.5, 0.6) is 5.75 Å². The Bertz CT molecular complexity index is 5590. The zero-order chi connectivity index (χ0) is 110. The first-order chi connectivity index (χ1) is 70.5. The first-order valence-electron chi connectivity index (χ1n) is 51.7. The minimum atomic E-state index is -1.16. The zero-order valence-electron chi connectivity index (χ0n) is 90.5. The van der Waals surface area contributed by atoms with E-state index in [-0.39, 0.29) is 79.7 Å². The Balaban J connectivity index is 0.000000838. The minimum Gasteiger partial charge on any atom is -0.508 e. The summed E-state index contributed by atoms with van der Waals surface area (Å²) in [5.41, 5.74) is 15.7. The molecule has 4 saturated heterocycles. The number of carbonyl (C=O) groups excluding carboxylic acids is 4. The number of ether oxygens (including phenoxy) is 6. The van der Waals surface area contributed by atoms with Crippen molar-refractivity contribution in [1.29, 1.82) is 0 Å². The second-order valence-electron chi connectivity index (χ2n) is 33.0. The average Bonchev–Trinajstić information content (AvgIpc) is 0.752. The van der Waals surface area contributed by atoms with Gasteiger partial charge in [-0.05, 0) is 187 Å². The smallest absolute Gasteiger partial charge is 0.310 e. The maximum Gasteiger partial charge on any atom is 0.310 e. The molecule has 6 N–H and O–H groups in total. The number of aliphatic hydroxyl groups is 3. The third-order valence-corrected chi connectivity index (χ3v) is 25.6. The number of benzene rings is 11. The number of halogens is 5. The van der Waals surface area contributed by atoms with Crippen LogP contribution in [0.3, 0.4) is 0 Å². The predicted molar refractivity (Wildman–Crippen MR) is 615 cm³/mol. The van der Waals surface area contributed by atoms with Crippen molar-refractivity contribution in [3.05, 3.63) is 351 Å². The molecule has 18 nitrogen and oxygen atoms in total. The number of phenolic OH excluding ortho intramolecular Hbond substituents is 1. The second kappa shape index (κ2) is 74.3. The van der Waals surface area contributed by atoms with Crippen LogP contribution in [0, 0.1) is 16.2 Å². The van der Waals surface area contributed by atoms with Crippen LogP contribution in [0.2, 0.25) is 0 Å². The van der Waals surface area contributed by atoms with Gasteiger partial charge in [-0.2, -0.15) is 0 Å². The summed E-state index contributed by atoms with van der Waals surface area (Å²) in [6.07, 6.45) is 9.84. The van der Waals surface area contributed by atoms with Gasteiger partial charge >= 0.3 is 23.9 Å². The van der Waals surface area contributed by atoms with E-state index >= 15 is 0 Å². The van der Waals surface area contributed by atoms with Gasteiger partial charge in [0.25, 0.3) is 5.97 Å². The molecule has 0 radical (unpaired) electrons. The number of hydrogen-bond donors (Lipinski definition) is 6. The van der Waals surface area contributed by atoms with Crippen molar-refractivity contribution in [2.24, 2.45) is 16.2 Å². The first kappa shape index (κ1) is 134. The van der Waals surface area contributed by atoms with E-state index in [0.717, 1.165) is 123 Å². The monoisotopic (exact) mass is 2280 g/mol. The van der Waals surface area contributed by atoms with E-state index < -0.39 is 34.9 Å². The van der Waals surface area contributed by atoms with Gasteiger partial charge in [-0.15, -0.1) is 0 Å². The van der Waals surface area contributed by atoms with Crippen molar-refractivity contribution in [2.75, 3.05) is 59.5 Å². The number of esters is 2. The van der Waals surface area contributed by atoms with Gasteiger partial charge in [0.05, 0.1) is 78.4 Å². The molecule has 0 saturated carbocycles. The highest BCUT2D eigenvalue weighted by molar-refractivity contribution is 9.11. The molecular weight excluding hydrogens is 2120 g/mol. The predicted octanol–water partition coefficient (Wildman–Crippen LogP) is 30.7. The van der Waals surface area contributed by atoms with Crippen LogP contribution in [-0.4, -0.2) is 131 Å². The normalized spacial score (nSPS) is 15.5. The van der Waals surface area contributed by atoms with Crippen LogP contribution in [0.1, 0.15) is 263 Å². The minimum absolute atomic E-state index is 0.0174. The van der Waals surface area contributed by atoms with Crippen molar-refractivity contribution in [1.82, 2.24) is 0 Å². The highest BCUT2D eigenvalue weighted by Gasteiger charge is 2.51. The first-order valence-corrected chi connectivity index (χ1v) is 55.2. The fourth-order valence-electron chi connectivity index (χ4n) is 15.4. The number of ketones is 1. The van der Waals surface area contributed by atoms with Crippen molar-refractivity contribution < 1.29 is 87.8 Å². The van der Waals surface area contributed by atoms with Gasteiger partial charge in [0.15, 0.2) is 0 Å². The molecule has 4 aliphatic heterocycles. The van der Waals surface area contributed by atoms with Gasteiger partial charge in [-0.1, -0.05) is 447 Å². The maximum atomic E-state index is 12.4. The third-order valence-electron chi connectivity index (χ3n) is 22.4. The summed E-state index contributed by atoms with van der Waals surface area (Å²) in [4.78, 5) is 68.1. The fraction of sp³-hybridized carbons (Fsp3) is 0.415. The van der Waals surface area contributed by atoms with Crippen molar-refractivity contribution >= 4 is 127 Å². The van der Waals surface area contributed by atoms with E-state index in [4.69, 9.17) is 50.2 Å². The number of aromatic hydroxyl groups is 1. The third kappa shape index (κ3) is 43.5. The summed E-state index contributed by atoms with van der Waals surface area (Å²) in [5, 5.41) is 60.1. The van der Waals surface area contributed by atoms with Crippen LogP contribution in [0.15, 0.2) is 273 Å². The van der Waals surface area contributed by atoms with E-state index in [2.05, 4.69) is 144 Å². The van der Waals surface area contributed by atoms with Crippen LogP contribution in [0.4, 0.5) is 0 Å². The highest BCUT2D eigenvalue weighted by Crippen LogP contribution is 2.46. The maximum absolute atomic E-state index is 12.4. The Labute approximate surface area is 911 Å². The number of carboxylic acids is 2. The van der Waals surface area contributed by atoms with Crippen molar-refractivity contribution in [2.45, 2.75) is 261 Å². The number of aliphatic carboxylic acids is 2. The Morgan fingerprint density at radius 2 is 0.808 bits per heavy atom. The molecule has 1 atom stereocenters. The molecule has 1 unspecified atom stereocenters. The lowest BCUT2D eigenvalue weighted by molar-refractivity contribution is -0.463. The van der Waals surface area contributed by atoms with E-state index in [1.807, 2.05) is 320 Å². The van der Waals surface area contributed by atoms with Gasteiger partial charge < -0.3 is 59.1 Å². The quantitative estimate of drug-likeness (QED) is 0.0272. The molecule has 4 fully saturated rings. The lowest BCUT2D eigenvalue weighted by Gasteiger charge is -2.50. The molecule has 18 rings (SSSR count). The highest BCUT2D eigenvalue weighted by atomic mass is 79.9. The molecule has 0 spiro atoms. The number of phenols is 1. The van der Waals surface area contributed by atoms with Crippen LogP contribution in [0.25, 0.3) is 27.5 Å². The van der Waals surface area contributed by atoms with Gasteiger partial charge in [0.2, 0.25) is 5.24 Å². The number of fused-ring (bicyclic) bond motifs is 10. The van der Waals surface area contributed by atoms with Crippen molar-refractivity contribution in [3.8, 4) is 16.9 Å². The van der Waals surface area contributed by atoms with E-state index in [1.165, 1.54) is 38.8 Å². The molecule has 7 aliphatic rings. The standard InChI is InChI=1S/C23H28O5.C18H16O2.C18H14O.C15H17BrO4.C13H15BrO3.C8H6BrClO.C8H7BrO2.10C2H6/c1-22(14-24,15-25)16-28-21(26)13-18-8-3-5-11-20(18)23(27)12-6-9-17-7-2-4-10-19(17)23;19-18(20)12-14-7-2-4-10-16(14)17-11-5-8-13-6-1-3-9-15(13)17;19-17-11-13-6-2-4-8-15(13)18-14-7-3-1-5-12(14)9-10-16(17)18;1-14-8-18-15(19-9-14,20-10-14)7-12(17)6-11-4-2-3-5-13(11)16;1-13(7-16-8-13)9-17-12(15)6-10-4-2-3-5-11(10)14;2*9-7-4-2-1-3-6(7)5-8(10)11;10*1-2/h2-5,7-8,10-11,24-25,27H,6,9,12-16H2,1H3;1-4,6-7,9-11H,5,8,12H2,(H,19,20);1-8,11,19H,9-10H2;2-5H,6-10H2,1H3;2-5H,6-9H2,1H3;1-4H,5H2;1-4H,5H2,(H,10,11);10*1-2H3. The molecule has 3 aliphatic carbocycles. The van der Waals surface area contributed by atoms with Crippen molar-refractivity contribution in [3.63, 3.8) is 0 Å². The Morgan fingerprint density at radius 1 is 0.418 bits per heavy atom. The SMILES string of the molecule is CC.CC.CC.CC.CC.CC.CC.CC.CC.CC.CC(CO)(CO)COC(=O)Cc1ccccc1C1(O)CCCc2ccccc21.CC1(COC(=O)Cc2ccccc2Br)COC1.CC12COC(CC(=O)Cc3ccccc3Br)(OC1)OC2.O=C(Cl)Cc1ccccc1Br.O=C(O)Cc1ccccc1Br.O=C(O)Cc1ccccc1C1=CCCc2ccccc21.Oc1cc2ccccc2c2c1CCc1ccccc1-2. The van der Waals surface area contributed by atoms with E-state index in [9.17, 15) is 49.2 Å². The molecule has 146 heavy (non-hydrogen) atoms. The number of aliphatic hydroxyl groups excluding tert-OH is 2. The fourth-order valence-corrected chi connectivity index (χ4v) is 17.3. The van der Waals surface area contributed by atoms with Crippen LogP contribution >= 0.6 is 75.3 Å². The summed E-state index contributed by atoms with van der Waals surface area (Å²) in [7, 11) is 0. The van der Waals surface area contributed by atoms with Gasteiger partial charge in [0, 0.05) is 52.5 Å². The molecule has 4 heterocycles. The number of allylic oxidation sites excluding steroid dienone is 1. The summed E-state index contributed by atoms with van der Waals surface area (Å²) < 4.78 is 36.2. The van der Waals surface area contributed by atoms with E-state index in [1.54, 1.807) is 13.0 Å². The summed E-state index contributed by atoms with van der Waals surface area (Å²) >= 11 is 18.7. The average molecular weight is 2280 g/mol. The molecular formula is C123H163Br4ClO18. The molecule has 0 amide bonds. The Kier molecular flexibility index (Phi) is 68.4. The summed E-state index contributed by atoms with van der Waals surface area (Å²) in [6.45, 7) is 48.7. The largest absolute Gasteiger partial charge is 0.508 e. The summed E-state index contributed by atoms with van der Waals surface area (Å²) in [5.74, 6) is -2.92. The van der Waals surface area contributed by atoms with Gasteiger partial charge in [0.1, 0.15) is 30.3 Å². The lowest BCUT2D eigenvalue weighted by Crippen LogP contribution is -2.59. The Morgan fingerprint density at radius 3 is 1.29 bits per heavy atom. The molecule has 23 heteroatoms. The van der Waals surface area contributed by atoms with Gasteiger partial charge in [-0.25, -0.2) is 0 Å². The number of rotatable bonds is 22. The van der Waals surface area contributed by atoms with Gasteiger partial charge in [-0.3, -0.25) is 28.8 Å². The number of carboxylic acid groups (broad SMARTS) is 2. The number of carbonyl (C=O) groups is 6. The molecule has 798 valence electrons. The Hall–Kier alpha value is -9.63. The van der Waals surface area contributed by atoms with Crippen LogP contribution < -0.4 is 0 Å². The topological polar surface area (TPSA) is 279 Å². The molecule has 11 aromatic carbocycles. The molecule has 11 aromatic rings. The molecule has 2 bridgehead atoms.